The summed E-state index contributed by atoms with van der Waals surface area (Å²) in [5.41, 5.74) is 10.0. The maximum Gasteiger partial charge on any atom is -1.00 e. The van der Waals surface area contributed by atoms with Crippen LogP contribution in [0.3, 0.4) is 0 Å². The fourth-order valence-electron chi connectivity index (χ4n) is 7.78. The van der Waals surface area contributed by atoms with Gasteiger partial charge in [-0.15, -0.1) is 0 Å². The van der Waals surface area contributed by atoms with Crippen molar-refractivity contribution in [3.8, 4) is 0 Å². The van der Waals surface area contributed by atoms with Crippen LogP contribution in [0.1, 0.15) is 80.9 Å². The Morgan fingerprint density at radius 2 is 0.889 bits per heavy atom. The number of hydrogen-bond acceptors (Lipinski definition) is 0. The molecular formula is C33H36Cl2Zr. The van der Waals surface area contributed by atoms with E-state index in [2.05, 4.69) is 60.7 Å². The Hall–Kier alpha value is -0.747. The van der Waals surface area contributed by atoms with Gasteiger partial charge in [0, 0.05) is 0 Å². The number of benzene rings is 2. The summed E-state index contributed by atoms with van der Waals surface area (Å²) in [7, 11) is 0. The largest absolute Gasteiger partial charge is 1.00 e. The van der Waals surface area contributed by atoms with Gasteiger partial charge in [0.25, 0.3) is 0 Å². The second kappa shape index (κ2) is 9.77. The summed E-state index contributed by atoms with van der Waals surface area (Å²) >= 11 is -2.11. The van der Waals surface area contributed by atoms with Gasteiger partial charge in [0.15, 0.2) is 0 Å². The molecule has 0 N–H and O–H groups in total. The van der Waals surface area contributed by atoms with Crippen molar-refractivity contribution in [2.75, 3.05) is 0 Å². The van der Waals surface area contributed by atoms with Crippen LogP contribution in [0.4, 0.5) is 0 Å². The summed E-state index contributed by atoms with van der Waals surface area (Å²) in [6.45, 7) is 0. The second-order valence-electron chi connectivity index (χ2n) is 12.4. The molecular weight excluding hydrogens is 558 g/mol. The zero-order valence-electron chi connectivity index (χ0n) is 21.0. The molecule has 8 rings (SSSR count). The topological polar surface area (TPSA) is 0 Å². The number of allylic oxidation sites excluding steroid dienone is 4. The second-order valence-corrected chi connectivity index (χ2v) is 18.2. The van der Waals surface area contributed by atoms with E-state index in [0.717, 1.165) is 35.5 Å². The van der Waals surface area contributed by atoms with Crippen molar-refractivity contribution < 1.29 is 46.1 Å². The SMILES string of the molecule is [CH2]=[Zr+2]([CH]1C=C(C(C2CC2)C2CC2)c2ccccc21)[CH]1C=C(C(C2CC2)C2CC2)c2ccccc21.[Cl-].[Cl-]. The first-order chi connectivity index (χ1) is 16.8. The summed E-state index contributed by atoms with van der Waals surface area (Å²) in [6.07, 6.45) is 17.3. The van der Waals surface area contributed by atoms with Crippen molar-refractivity contribution in [1.29, 1.82) is 0 Å². The molecule has 2 atom stereocenters. The van der Waals surface area contributed by atoms with Crippen LogP contribution in [0.5, 0.6) is 0 Å². The first kappa shape index (κ1) is 25.5. The Balaban J connectivity index is 0.00000120. The third kappa shape index (κ3) is 4.34. The Morgan fingerprint density at radius 1 is 0.556 bits per heavy atom. The molecule has 0 saturated heterocycles. The normalized spacial score (nSPS) is 25.8. The molecule has 0 aliphatic heterocycles. The van der Waals surface area contributed by atoms with Gasteiger partial charge in [-0.2, -0.15) is 0 Å². The van der Waals surface area contributed by atoms with E-state index >= 15 is 0 Å². The van der Waals surface area contributed by atoms with Crippen LogP contribution in [-0.2, 0) is 21.3 Å². The van der Waals surface area contributed by atoms with Crippen molar-refractivity contribution in [2.45, 2.75) is 58.6 Å². The Labute approximate surface area is 237 Å². The molecule has 186 valence electrons. The van der Waals surface area contributed by atoms with Crippen molar-refractivity contribution in [3.05, 3.63) is 82.9 Å². The van der Waals surface area contributed by atoms with Crippen LogP contribution in [0.25, 0.3) is 11.1 Å². The van der Waals surface area contributed by atoms with E-state index in [0.29, 0.717) is 7.25 Å². The molecule has 2 aromatic rings. The predicted molar refractivity (Wildman–Crippen MR) is 139 cm³/mol. The molecule has 0 heterocycles. The molecule has 0 aromatic heterocycles. The number of rotatable bonds is 8. The zero-order valence-corrected chi connectivity index (χ0v) is 25.0. The summed E-state index contributed by atoms with van der Waals surface area (Å²) in [4.78, 5) is 0. The summed E-state index contributed by atoms with van der Waals surface area (Å²) in [5, 5.41) is 0. The van der Waals surface area contributed by atoms with Crippen LogP contribution in [0, 0.1) is 35.5 Å². The zero-order chi connectivity index (χ0) is 22.4. The van der Waals surface area contributed by atoms with Crippen LogP contribution in [0.2, 0.25) is 0 Å². The summed E-state index contributed by atoms with van der Waals surface area (Å²) < 4.78 is 6.42. The Morgan fingerprint density at radius 3 is 1.22 bits per heavy atom. The van der Waals surface area contributed by atoms with E-state index in [-0.39, 0.29) is 24.8 Å². The molecule has 2 unspecified atom stereocenters. The third-order valence-electron chi connectivity index (χ3n) is 9.94. The maximum absolute atomic E-state index is 5.14. The molecule has 0 spiro atoms. The van der Waals surface area contributed by atoms with Crippen LogP contribution >= 0.6 is 0 Å². The van der Waals surface area contributed by atoms with Crippen LogP contribution < -0.4 is 24.8 Å². The number of halogens is 2. The fraction of sp³-hybridized carbons (Fsp3) is 0.485. The van der Waals surface area contributed by atoms with Gasteiger partial charge in [0.1, 0.15) is 0 Å². The minimum Gasteiger partial charge on any atom is -1.00 e. The molecule has 6 aliphatic carbocycles. The van der Waals surface area contributed by atoms with Crippen LogP contribution in [-0.4, -0.2) is 4.21 Å². The quantitative estimate of drug-likeness (QED) is 0.440. The van der Waals surface area contributed by atoms with E-state index in [4.69, 9.17) is 4.21 Å². The molecule has 0 nitrogen and oxygen atoms in total. The van der Waals surface area contributed by atoms with Gasteiger partial charge in [-0.3, -0.25) is 0 Å². The smallest absolute Gasteiger partial charge is 1.00 e. The maximum atomic E-state index is 5.14. The van der Waals surface area contributed by atoms with Crippen LogP contribution in [0.15, 0.2) is 60.7 Å². The number of fused-ring (bicyclic) bond motifs is 2. The average molecular weight is 595 g/mol. The predicted octanol–water partition coefficient (Wildman–Crippen LogP) is 2.19. The molecule has 0 amide bonds. The molecule has 36 heavy (non-hydrogen) atoms. The molecule has 3 heteroatoms. The van der Waals surface area contributed by atoms with Gasteiger partial charge >= 0.3 is 214 Å². The fourth-order valence-corrected chi connectivity index (χ4v) is 13.9. The number of hydrogen-bond donors (Lipinski definition) is 0. The molecule has 0 bridgehead atoms. The van der Waals surface area contributed by atoms with E-state index in [1.54, 1.807) is 33.4 Å². The third-order valence-corrected chi connectivity index (χ3v) is 16.2. The summed E-state index contributed by atoms with van der Waals surface area (Å²) in [6, 6.07) is 19.0. The Bertz CT molecular complexity index is 1120. The minimum absolute atomic E-state index is 0. The average Bonchev–Trinajstić information content (AvgIpc) is 3.65. The first-order valence-corrected chi connectivity index (χ1v) is 18.7. The molecule has 4 saturated carbocycles. The Kier molecular flexibility index (Phi) is 6.93. The van der Waals surface area contributed by atoms with Gasteiger partial charge in [0.05, 0.1) is 0 Å². The standard InChI is InChI=1S/2C16H17.CH2.2ClH.Zr/c2*1-2-4-14-11(3-1)9-10-15(14)16(12-5-6-12)13-7-8-13;;;;/h2*1-4,9-10,12-13,16H,5-8H2;1H2;2*1H;/q;;;;;+2/p-2. The van der Waals surface area contributed by atoms with Crippen molar-refractivity contribution >= 4 is 15.4 Å². The summed E-state index contributed by atoms with van der Waals surface area (Å²) in [5.74, 6) is 5.58. The minimum atomic E-state index is -2.11. The molecule has 6 aliphatic rings. The van der Waals surface area contributed by atoms with Crippen molar-refractivity contribution in [3.63, 3.8) is 0 Å². The van der Waals surface area contributed by atoms with Gasteiger partial charge in [-0.1, -0.05) is 0 Å². The van der Waals surface area contributed by atoms with Crippen molar-refractivity contribution in [1.82, 2.24) is 0 Å². The molecule has 2 aromatic carbocycles. The van der Waals surface area contributed by atoms with E-state index < -0.39 is 21.3 Å². The van der Waals surface area contributed by atoms with E-state index in [1.807, 2.05) is 0 Å². The first-order valence-electron chi connectivity index (χ1n) is 14.1. The van der Waals surface area contributed by atoms with E-state index in [9.17, 15) is 0 Å². The van der Waals surface area contributed by atoms with E-state index in [1.165, 1.54) is 51.4 Å². The molecule has 4 fully saturated rings. The van der Waals surface area contributed by atoms with Gasteiger partial charge in [0.2, 0.25) is 0 Å². The van der Waals surface area contributed by atoms with Gasteiger partial charge < -0.3 is 24.8 Å². The molecule has 0 radical (unpaired) electrons. The van der Waals surface area contributed by atoms with Crippen molar-refractivity contribution in [2.24, 2.45) is 35.5 Å². The van der Waals surface area contributed by atoms with Gasteiger partial charge in [-0.05, 0) is 0 Å². The monoisotopic (exact) mass is 592 g/mol. The van der Waals surface area contributed by atoms with Gasteiger partial charge in [-0.25, -0.2) is 0 Å².